The highest BCUT2D eigenvalue weighted by atomic mass is 16.5. The zero-order chi connectivity index (χ0) is 10.7. The minimum atomic E-state index is 0.0853. The van der Waals surface area contributed by atoms with Crippen molar-refractivity contribution < 1.29 is 9.47 Å². The Hall–Kier alpha value is -1.22. The van der Waals surface area contributed by atoms with E-state index in [1.807, 2.05) is 18.2 Å². The summed E-state index contributed by atoms with van der Waals surface area (Å²) in [6.07, 6.45) is 1.86. The van der Waals surface area contributed by atoms with E-state index >= 15 is 0 Å². The number of benzene rings is 1. The fourth-order valence-electron chi connectivity index (χ4n) is 1.65. The van der Waals surface area contributed by atoms with Gasteiger partial charge in [-0.2, -0.15) is 0 Å². The molecule has 0 saturated carbocycles. The average Bonchev–Trinajstić information content (AvgIpc) is 2.51. The van der Waals surface area contributed by atoms with Crippen molar-refractivity contribution in [2.45, 2.75) is 25.8 Å². The number of hydrogen-bond acceptors (Lipinski definition) is 3. The number of ether oxygens (including phenoxy) is 2. The summed E-state index contributed by atoms with van der Waals surface area (Å²) in [6, 6.07) is 6.05. The van der Waals surface area contributed by atoms with Crippen LogP contribution in [0, 0.1) is 0 Å². The SMILES string of the molecule is CCC(N)c1ccc2c(c1)OCCCO2. The first kappa shape index (κ1) is 10.3. The van der Waals surface area contributed by atoms with Gasteiger partial charge in [0, 0.05) is 12.5 Å². The highest BCUT2D eigenvalue weighted by Gasteiger charge is 2.12. The van der Waals surface area contributed by atoms with Crippen molar-refractivity contribution in [2.24, 2.45) is 5.73 Å². The highest BCUT2D eigenvalue weighted by molar-refractivity contribution is 5.44. The third-order valence-electron chi connectivity index (χ3n) is 2.64. The first-order valence-corrected chi connectivity index (χ1v) is 5.46. The summed E-state index contributed by atoms with van der Waals surface area (Å²) < 4.78 is 11.2. The predicted molar refractivity (Wildman–Crippen MR) is 59.3 cm³/mol. The minimum Gasteiger partial charge on any atom is -0.490 e. The van der Waals surface area contributed by atoms with E-state index in [4.69, 9.17) is 15.2 Å². The lowest BCUT2D eigenvalue weighted by Gasteiger charge is -2.12. The van der Waals surface area contributed by atoms with Crippen molar-refractivity contribution in [1.29, 1.82) is 0 Å². The maximum Gasteiger partial charge on any atom is 0.161 e. The summed E-state index contributed by atoms with van der Waals surface area (Å²) in [5.74, 6) is 1.66. The molecule has 1 heterocycles. The Balaban J connectivity index is 2.27. The van der Waals surface area contributed by atoms with Gasteiger partial charge < -0.3 is 15.2 Å². The molecular formula is C12H17NO2. The quantitative estimate of drug-likeness (QED) is 0.809. The van der Waals surface area contributed by atoms with Crippen molar-refractivity contribution >= 4 is 0 Å². The van der Waals surface area contributed by atoms with Crippen LogP contribution >= 0.6 is 0 Å². The average molecular weight is 207 g/mol. The Kier molecular flexibility index (Phi) is 3.11. The van der Waals surface area contributed by atoms with Gasteiger partial charge >= 0.3 is 0 Å². The Bertz CT molecular complexity index is 338. The van der Waals surface area contributed by atoms with Crippen LogP contribution in [-0.4, -0.2) is 13.2 Å². The summed E-state index contributed by atoms with van der Waals surface area (Å²) in [4.78, 5) is 0. The van der Waals surface area contributed by atoms with E-state index in [0.717, 1.165) is 43.1 Å². The van der Waals surface area contributed by atoms with Crippen LogP contribution in [0.5, 0.6) is 11.5 Å². The second-order valence-corrected chi connectivity index (χ2v) is 3.77. The topological polar surface area (TPSA) is 44.5 Å². The molecule has 1 aromatic carbocycles. The molecule has 3 heteroatoms. The zero-order valence-electron chi connectivity index (χ0n) is 9.03. The number of fused-ring (bicyclic) bond motifs is 1. The van der Waals surface area contributed by atoms with Crippen molar-refractivity contribution in [3.63, 3.8) is 0 Å². The number of nitrogens with two attached hydrogens (primary N) is 1. The number of rotatable bonds is 2. The molecule has 15 heavy (non-hydrogen) atoms. The van der Waals surface area contributed by atoms with Crippen molar-refractivity contribution in [3.8, 4) is 11.5 Å². The van der Waals surface area contributed by atoms with Gasteiger partial charge in [0.05, 0.1) is 13.2 Å². The Morgan fingerprint density at radius 2 is 2.00 bits per heavy atom. The van der Waals surface area contributed by atoms with Gasteiger partial charge in [0.15, 0.2) is 11.5 Å². The first-order valence-electron chi connectivity index (χ1n) is 5.46. The van der Waals surface area contributed by atoms with E-state index in [9.17, 15) is 0 Å². The predicted octanol–water partition coefficient (Wildman–Crippen LogP) is 2.26. The zero-order valence-corrected chi connectivity index (χ0v) is 9.03. The van der Waals surface area contributed by atoms with Crippen LogP contribution in [0.3, 0.4) is 0 Å². The van der Waals surface area contributed by atoms with Gasteiger partial charge in [0.2, 0.25) is 0 Å². The first-order chi connectivity index (χ1) is 7.31. The van der Waals surface area contributed by atoms with Crippen LogP contribution in [0.4, 0.5) is 0 Å². The van der Waals surface area contributed by atoms with Crippen LogP contribution < -0.4 is 15.2 Å². The second-order valence-electron chi connectivity index (χ2n) is 3.77. The lowest BCUT2D eigenvalue weighted by molar-refractivity contribution is 0.297. The molecule has 1 aliphatic rings. The fraction of sp³-hybridized carbons (Fsp3) is 0.500. The van der Waals surface area contributed by atoms with Crippen LogP contribution in [0.15, 0.2) is 18.2 Å². The van der Waals surface area contributed by atoms with Crippen molar-refractivity contribution in [1.82, 2.24) is 0 Å². The van der Waals surface area contributed by atoms with Crippen molar-refractivity contribution in [3.05, 3.63) is 23.8 Å². The number of hydrogen-bond donors (Lipinski definition) is 1. The molecule has 1 aliphatic heterocycles. The van der Waals surface area contributed by atoms with Crippen LogP contribution in [-0.2, 0) is 0 Å². The standard InChI is InChI=1S/C12H17NO2/c1-2-10(13)9-4-5-11-12(8-9)15-7-3-6-14-11/h4-5,8,10H,2-3,6-7,13H2,1H3. The molecule has 0 spiro atoms. The van der Waals surface area contributed by atoms with E-state index in [2.05, 4.69) is 6.92 Å². The summed E-state index contributed by atoms with van der Waals surface area (Å²) in [7, 11) is 0. The Morgan fingerprint density at radius 1 is 1.27 bits per heavy atom. The maximum absolute atomic E-state index is 5.97. The Morgan fingerprint density at radius 3 is 2.73 bits per heavy atom. The largest absolute Gasteiger partial charge is 0.490 e. The lowest BCUT2D eigenvalue weighted by atomic mass is 10.1. The van der Waals surface area contributed by atoms with Gasteiger partial charge in [-0.3, -0.25) is 0 Å². The minimum absolute atomic E-state index is 0.0853. The highest BCUT2D eigenvalue weighted by Crippen LogP contribution is 2.32. The molecule has 0 radical (unpaired) electrons. The smallest absolute Gasteiger partial charge is 0.161 e. The van der Waals surface area contributed by atoms with Crippen LogP contribution in [0.2, 0.25) is 0 Å². The molecule has 0 amide bonds. The van der Waals surface area contributed by atoms with Gasteiger partial charge in [-0.05, 0) is 24.1 Å². The van der Waals surface area contributed by atoms with E-state index in [-0.39, 0.29) is 6.04 Å². The molecule has 0 saturated heterocycles. The summed E-state index contributed by atoms with van der Waals surface area (Å²) >= 11 is 0. The molecule has 2 N–H and O–H groups in total. The molecule has 1 aromatic rings. The molecule has 1 atom stereocenters. The van der Waals surface area contributed by atoms with Gasteiger partial charge in [-0.25, -0.2) is 0 Å². The van der Waals surface area contributed by atoms with E-state index in [1.54, 1.807) is 0 Å². The molecule has 2 rings (SSSR count). The molecule has 0 aromatic heterocycles. The Labute approximate surface area is 90.2 Å². The molecular weight excluding hydrogens is 190 g/mol. The summed E-state index contributed by atoms with van der Waals surface area (Å²) in [6.45, 7) is 3.53. The molecule has 1 unspecified atom stereocenters. The normalized spacial score (nSPS) is 16.9. The second kappa shape index (κ2) is 4.53. The summed E-state index contributed by atoms with van der Waals surface area (Å²) in [5, 5.41) is 0. The van der Waals surface area contributed by atoms with E-state index in [0.29, 0.717) is 0 Å². The molecule has 3 nitrogen and oxygen atoms in total. The van der Waals surface area contributed by atoms with Gasteiger partial charge in [0.1, 0.15) is 0 Å². The molecule has 0 bridgehead atoms. The maximum atomic E-state index is 5.97. The van der Waals surface area contributed by atoms with Crippen molar-refractivity contribution in [2.75, 3.05) is 13.2 Å². The van der Waals surface area contributed by atoms with Crippen LogP contribution in [0.1, 0.15) is 31.4 Å². The monoisotopic (exact) mass is 207 g/mol. The third kappa shape index (κ3) is 2.23. The summed E-state index contributed by atoms with van der Waals surface area (Å²) in [5.41, 5.74) is 7.08. The van der Waals surface area contributed by atoms with Gasteiger partial charge in [0.25, 0.3) is 0 Å². The van der Waals surface area contributed by atoms with Gasteiger partial charge in [-0.1, -0.05) is 13.0 Å². The molecule has 0 fully saturated rings. The molecule has 0 aliphatic carbocycles. The van der Waals surface area contributed by atoms with E-state index < -0.39 is 0 Å². The third-order valence-corrected chi connectivity index (χ3v) is 2.64. The fourth-order valence-corrected chi connectivity index (χ4v) is 1.65. The van der Waals surface area contributed by atoms with Crippen LogP contribution in [0.25, 0.3) is 0 Å². The molecule has 82 valence electrons. The van der Waals surface area contributed by atoms with E-state index in [1.165, 1.54) is 0 Å². The lowest BCUT2D eigenvalue weighted by Crippen LogP contribution is -2.08. The van der Waals surface area contributed by atoms with Gasteiger partial charge in [-0.15, -0.1) is 0 Å².